The molecule has 0 unspecified atom stereocenters. The smallest absolute Gasteiger partial charge is 0.0939 e. The predicted octanol–water partition coefficient (Wildman–Crippen LogP) is 2.43. The lowest BCUT2D eigenvalue weighted by molar-refractivity contribution is 0.495. The van der Waals surface area contributed by atoms with Crippen LogP contribution in [0.15, 0.2) is 36.7 Å². The predicted molar refractivity (Wildman–Crippen MR) is 60.1 cm³/mol. The minimum absolute atomic E-state index is 0.955. The Morgan fingerprint density at radius 1 is 1.21 bits per heavy atom. The maximum absolute atomic E-state index is 2.28. The van der Waals surface area contributed by atoms with E-state index in [9.17, 15) is 0 Å². The molecule has 0 spiro atoms. The molecular formula is C12H16N2. The highest BCUT2D eigenvalue weighted by molar-refractivity contribution is 5.56. The quantitative estimate of drug-likeness (QED) is 0.703. The summed E-state index contributed by atoms with van der Waals surface area (Å²) in [7, 11) is 2.09. The summed E-state index contributed by atoms with van der Waals surface area (Å²) < 4.78 is 0. The molecular weight excluding hydrogens is 172 g/mol. The van der Waals surface area contributed by atoms with Gasteiger partial charge in [-0.3, -0.25) is 0 Å². The van der Waals surface area contributed by atoms with E-state index in [2.05, 4.69) is 60.4 Å². The fourth-order valence-corrected chi connectivity index (χ4v) is 1.78. The van der Waals surface area contributed by atoms with Crippen molar-refractivity contribution in [3.05, 3.63) is 42.2 Å². The average Bonchev–Trinajstić information content (AvgIpc) is 2.65. The Bertz CT molecular complexity index is 344. The van der Waals surface area contributed by atoms with E-state index in [-0.39, 0.29) is 0 Å². The van der Waals surface area contributed by atoms with Crippen molar-refractivity contribution in [2.24, 2.45) is 0 Å². The minimum Gasteiger partial charge on any atom is -0.361 e. The summed E-state index contributed by atoms with van der Waals surface area (Å²) in [5, 5.41) is 0. The van der Waals surface area contributed by atoms with Crippen LogP contribution in [0.5, 0.6) is 0 Å². The van der Waals surface area contributed by atoms with Gasteiger partial charge in [0.15, 0.2) is 0 Å². The van der Waals surface area contributed by atoms with E-state index in [1.807, 2.05) is 0 Å². The molecule has 1 aliphatic rings. The second-order valence-corrected chi connectivity index (χ2v) is 3.65. The number of nitrogens with zero attached hydrogens (tertiary/aromatic N) is 2. The highest BCUT2D eigenvalue weighted by Crippen LogP contribution is 2.23. The largest absolute Gasteiger partial charge is 0.361 e. The molecule has 74 valence electrons. The van der Waals surface area contributed by atoms with Crippen molar-refractivity contribution in [3.63, 3.8) is 0 Å². The first-order valence-corrected chi connectivity index (χ1v) is 5.04. The molecule has 0 radical (unpaired) electrons. The maximum atomic E-state index is 2.28. The standard InChI is InChI=1S/C12H16N2/c1-3-11-6-4-5-7-12(11)14-9-8-13(2)10-14/h4-9H,3,10H2,1-2H3. The Balaban J connectivity index is 2.28. The summed E-state index contributed by atoms with van der Waals surface area (Å²) in [6.45, 7) is 3.15. The monoisotopic (exact) mass is 188 g/mol. The van der Waals surface area contributed by atoms with Crippen molar-refractivity contribution in [2.75, 3.05) is 18.6 Å². The van der Waals surface area contributed by atoms with Crippen LogP contribution in [0.3, 0.4) is 0 Å². The van der Waals surface area contributed by atoms with Gasteiger partial charge in [0.1, 0.15) is 0 Å². The topological polar surface area (TPSA) is 6.48 Å². The van der Waals surface area contributed by atoms with Gasteiger partial charge < -0.3 is 9.80 Å². The van der Waals surface area contributed by atoms with Crippen LogP contribution in [0.4, 0.5) is 5.69 Å². The molecule has 0 N–H and O–H groups in total. The molecule has 2 heteroatoms. The van der Waals surface area contributed by atoms with Crippen molar-refractivity contribution in [1.82, 2.24) is 4.90 Å². The van der Waals surface area contributed by atoms with Crippen LogP contribution in [0.2, 0.25) is 0 Å². The van der Waals surface area contributed by atoms with Crippen LogP contribution in [-0.4, -0.2) is 18.6 Å². The number of rotatable bonds is 2. The lowest BCUT2D eigenvalue weighted by Gasteiger charge is -2.20. The Labute approximate surface area is 85.4 Å². The van der Waals surface area contributed by atoms with Crippen LogP contribution < -0.4 is 4.90 Å². The van der Waals surface area contributed by atoms with Gasteiger partial charge in [-0.05, 0) is 18.1 Å². The molecule has 0 saturated heterocycles. The lowest BCUT2D eigenvalue weighted by Crippen LogP contribution is -2.22. The molecule has 14 heavy (non-hydrogen) atoms. The van der Waals surface area contributed by atoms with Gasteiger partial charge in [0.05, 0.1) is 6.67 Å². The highest BCUT2D eigenvalue weighted by Gasteiger charge is 2.12. The van der Waals surface area contributed by atoms with E-state index in [0.29, 0.717) is 0 Å². The molecule has 0 atom stereocenters. The summed E-state index contributed by atoms with van der Waals surface area (Å²) in [5.74, 6) is 0. The summed E-state index contributed by atoms with van der Waals surface area (Å²) in [5.41, 5.74) is 2.74. The summed E-state index contributed by atoms with van der Waals surface area (Å²) in [6.07, 6.45) is 5.32. The third-order valence-electron chi connectivity index (χ3n) is 2.56. The van der Waals surface area contributed by atoms with Crippen LogP contribution in [-0.2, 0) is 6.42 Å². The summed E-state index contributed by atoms with van der Waals surface area (Å²) >= 11 is 0. The molecule has 0 amide bonds. The molecule has 1 aliphatic heterocycles. The zero-order valence-corrected chi connectivity index (χ0v) is 8.77. The Kier molecular flexibility index (Phi) is 2.44. The van der Waals surface area contributed by atoms with Gasteiger partial charge in [0.25, 0.3) is 0 Å². The van der Waals surface area contributed by atoms with E-state index in [0.717, 1.165) is 13.1 Å². The van der Waals surface area contributed by atoms with Gasteiger partial charge in [-0.25, -0.2) is 0 Å². The van der Waals surface area contributed by atoms with Gasteiger partial charge in [-0.15, -0.1) is 0 Å². The fraction of sp³-hybridized carbons (Fsp3) is 0.333. The number of hydrogen-bond donors (Lipinski definition) is 0. The molecule has 1 heterocycles. The Morgan fingerprint density at radius 2 is 2.00 bits per heavy atom. The lowest BCUT2D eigenvalue weighted by atomic mass is 10.1. The minimum atomic E-state index is 0.955. The maximum Gasteiger partial charge on any atom is 0.0939 e. The van der Waals surface area contributed by atoms with Crippen molar-refractivity contribution < 1.29 is 0 Å². The number of benzene rings is 1. The third kappa shape index (κ3) is 1.60. The van der Waals surface area contributed by atoms with E-state index in [4.69, 9.17) is 0 Å². The first-order chi connectivity index (χ1) is 6.81. The fourth-order valence-electron chi connectivity index (χ4n) is 1.78. The van der Waals surface area contributed by atoms with Gasteiger partial charge in [-0.1, -0.05) is 25.1 Å². The van der Waals surface area contributed by atoms with Gasteiger partial charge in [0.2, 0.25) is 0 Å². The van der Waals surface area contributed by atoms with Gasteiger partial charge in [0, 0.05) is 25.1 Å². The summed E-state index contributed by atoms with van der Waals surface area (Å²) in [4.78, 5) is 4.45. The number of para-hydroxylation sites is 1. The normalized spacial score (nSPS) is 15.3. The van der Waals surface area contributed by atoms with E-state index in [1.165, 1.54) is 11.3 Å². The zero-order valence-electron chi connectivity index (χ0n) is 8.77. The Hall–Kier alpha value is -1.44. The van der Waals surface area contributed by atoms with Crippen molar-refractivity contribution in [2.45, 2.75) is 13.3 Å². The van der Waals surface area contributed by atoms with Gasteiger partial charge >= 0.3 is 0 Å². The second kappa shape index (κ2) is 3.74. The number of anilines is 1. The SMILES string of the molecule is CCc1ccccc1N1C=CN(C)C1. The number of aryl methyl sites for hydroxylation is 1. The zero-order chi connectivity index (χ0) is 9.97. The van der Waals surface area contributed by atoms with Crippen LogP contribution in [0, 0.1) is 0 Å². The van der Waals surface area contributed by atoms with E-state index >= 15 is 0 Å². The molecule has 1 aromatic rings. The third-order valence-corrected chi connectivity index (χ3v) is 2.56. The average molecular weight is 188 g/mol. The van der Waals surface area contributed by atoms with E-state index < -0.39 is 0 Å². The molecule has 2 rings (SSSR count). The van der Waals surface area contributed by atoms with Crippen molar-refractivity contribution in [3.8, 4) is 0 Å². The van der Waals surface area contributed by atoms with E-state index in [1.54, 1.807) is 0 Å². The van der Waals surface area contributed by atoms with Crippen molar-refractivity contribution >= 4 is 5.69 Å². The highest BCUT2D eigenvalue weighted by atomic mass is 15.3. The number of hydrogen-bond acceptors (Lipinski definition) is 2. The molecule has 1 aromatic carbocycles. The first kappa shape index (κ1) is 9.13. The Morgan fingerprint density at radius 3 is 2.64 bits per heavy atom. The molecule has 2 nitrogen and oxygen atoms in total. The molecule has 0 saturated carbocycles. The second-order valence-electron chi connectivity index (χ2n) is 3.65. The molecule has 0 aromatic heterocycles. The van der Waals surface area contributed by atoms with Crippen LogP contribution in [0.25, 0.3) is 0 Å². The molecule has 0 aliphatic carbocycles. The van der Waals surface area contributed by atoms with Crippen molar-refractivity contribution in [1.29, 1.82) is 0 Å². The van der Waals surface area contributed by atoms with Crippen LogP contribution >= 0.6 is 0 Å². The summed E-state index contributed by atoms with van der Waals surface area (Å²) in [6, 6.07) is 8.58. The molecule has 0 bridgehead atoms. The molecule has 0 fully saturated rings. The first-order valence-electron chi connectivity index (χ1n) is 5.04. The van der Waals surface area contributed by atoms with Crippen LogP contribution in [0.1, 0.15) is 12.5 Å². The van der Waals surface area contributed by atoms with Gasteiger partial charge in [-0.2, -0.15) is 0 Å².